The van der Waals surface area contributed by atoms with Crippen molar-refractivity contribution in [2.45, 2.75) is 26.6 Å². The lowest BCUT2D eigenvalue weighted by molar-refractivity contribution is -0.137. The number of aryl methyl sites for hydroxylation is 2. The zero-order chi connectivity index (χ0) is 23.3. The fourth-order valence-electron chi connectivity index (χ4n) is 2.89. The van der Waals surface area contributed by atoms with Gasteiger partial charge in [-0.05, 0) is 55.8 Å². The highest BCUT2D eigenvalue weighted by Crippen LogP contribution is 2.31. The van der Waals surface area contributed by atoms with Crippen molar-refractivity contribution >= 4 is 17.7 Å². The lowest BCUT2D eigenvalue weighted by Crippen LogP contribution is -2.10. The third-order valence-corrected chi connectivity index (χ3v) is 4.63. The van der Waals surface area contributed by atoms with Crippen molar-refractivity contribution < 1.29 is 32.0 Å². The minimum Gasteiger partial charge on any atom is -0.493 e. The number of aromatic nitrogens is 1. The molecule has 0 spiro atoms. The second-order valence-corrected chi connectivity index (χ2v) is 6.90. The van der Waals surface area contributed by atoms with Crippen LogP contribution >= 0.6 is 0 Å². The molecule has 1 N–H and O–H groups in total. The van der Waals surface area contributed by atoms with Crippen molar-refractivity contribution in [1.29, 1.82) is 0 Å². The Hall–Kier alpha value is -3.75. The van der Waals surface area contributed by atoms with Gasteiger partial charge in [-0.1, -0.05) is 17.3 Å². The molecule has 0 aliphatic rings. The summed E-state index contributed by atoms with van der Waals surface area (Å²) < 4.78 is 54.7. The van der Waals surface area contributed by atoms with Crippen molar-refractivity contribution in [3.05, 3.63) is 76.7 Å². The van der Waals surface area contributed by atoms with E-state index < -0.39 is 17.6 Å². The van der Waals surface area contributed by atoms with Gasteiger partial charge < -0.3 is 19.3 Å². The van der Waals surface area contributed by atoms with Crippen LogP contribution in [0, 0.1) is 13.8 Å². The van der Waals surface area contributed by atoms with Gasteiger partial charge in [-0.3, -0.25) is 4.79 Å². The molecule has 0 aliphatic carbocycles. The summed E-state index contributed by atoms with van der Waals surface area (Å²) in [4.78, 5) is 12.1. The van der Waals surface area contributed by atoms with Crippen LogP contribution in [0.4, 0.5) is 18.9 Å². The fourth-order valence-corrected chi connectivity index (χ4v) is 2.89. The van der Waals surface area contributed by atoms with Gasteiger partial charge in [0.25, 0.3) is 0 Å². The first-order chi connectivity index (χ1) is 15.2. The van der Waals surface area contributed by atoms with Gasteiger partial charge in [0.2, 0.25) is 5.91 Å². The Morgan fingerprint density at radius 2 is 1.94 bits per heavy atom. The molecule has 1 aromatic heterocycles. The number of amides is 1. The molecule has 0 saturated carbocycles. The van der Waals surface area contributed by atoms with E-state index in [1.807, 2.05) is 6.92 Å². The first-order valence-corrected chi connectivity index (χ1v) is 9.56. The Labute approximate surface area is 182 Å². The van der Waals surface area contributed by atoms with E-state index in [2.05, 4.69) is 10.5 Å². The average Bonchev–Trinajstić information content (AvgIpc) is 3.08. The van der Waals surface area contributed by atoms with Crippen molar-refractivity contribution in [3.63, 3.8) is 0 Å². The Balaban J connectivity index is 1.66. The zero-order valence-corrected chi connectivity index (χ0v) is 17.6. The highest BCUT2D eigenvalue weighted by Gasteiger charge is 2.30. The molecule has 32 heavy (non-hydrogen) atoms. The molecule has 9 heteroatoms. The highest BCUT2D eigenvalue weighted by molar-refractivity contribution is 6.02. The summed E-state index contributed by atoms with van der Waals surface area (Å²) in [5.41, 5.74) is 1.45. The molecule has 3 aromatic rings. The Kier molecular flexibility index (Phi) is 6.87. The van der Waals surface area contributed by atoms with E-state index in [1.165, 1.54) is 31.4 Å². The molecule has 0 unspecified atom stereocenters. The first kappa shape index (κ1) is 22.9. The lowest BCUT2D eigenvalue weighted by Gasteiger charge is -2.11. The summed E-state index contributed by atoms with van der Waals surface area (Å²) in [6.45, 7) is 3.88. The fraction of sp³-hybridized carbons (Fsp3) is 0.217. The second-order valence-electron chi connectivity index (χ2n) is 6.90. The smallest absolute Gasteiger partial charge is 0.416 e. The molecule has 1 heterocycles. The van der Waals surface area contributed by atoms with Gasteiger partial charge in [0, 0.05) is 11.8 Å². The molecular formula is C23H21F3N2O4. The van der Waals surface area contributed by atoms with Crippen LogP contribution in [0.5, 0.6) is 11.5 Å². The van der Waals surface area contributed by atoms with Gasteiger partial charge in [0.15, 0.2) is 11.5 Å². The van der Waals surface area contributed by atoms with E-state index >= 15 is 0 Å². The van der Waals surface area contributed by atoms with Crippen LogP contribution in [0.3, 0.4) is 0 Å². The van der Waals surface area contributed by atoms with Crippen LogP contribution in [0.1, 0.15) is 28.1 Å². The quantitative estimate of drug-likeness (QED) is 0.482. The standard InChI is InChI=1S/C23H21F3N2O4/c1-14-19(15(2)32-28-14)13-31-20-9-7-16(11-21(20)30-3)8-10-22(29)27-18-6-4-5-17(12-18)23(24,25)26/h4-12H,13H2,1-3H3,(H,27,29)/b10-8+. The number of halogens is 3. The van der Waals surface area contributed by atoms with Crippen LogP contribution < -0.4 is 14.8 Å². The Morgan fingerprint density at radius 3 is 2.59 bits per heavy atom. The van der Waals surface area contributed by atoms with Crippen molar-refractivity contribution in [3.8, 4) is 11.5 Å². The molecule has 168 valence electrons. The lowest BCUT2D eigenvalue weighted by atomic mass is 10.1. The predicted molar refractivity (Wildman–Crippen MR) is 112 cm³/mol. The SMILES string of the molecule is COc1cc(/C=C/C(=O)Nc2cccc(C(F)(F)F)c2)ccc1OCc1c(C)noc1C. The van der Waals surface area contributed by atoms with E-state index in [-0.39, 0.29) is 12.3 Å². The van der Waals surface area contributed by atoms with Crippen LogP contribution in [0.15, 0.2) is 53.1 Å². The van der Waals surface area contributed by atoms with E-state index in [9.17, 15) is 18.0 Å². The summed E-state index contributed by atoms with van der Waals surface area (Å²) in [5, 5.41) is 6.30. The maximum absolute atomic E-state index is 12.8. The Morgan fingerprint density at radius 1 is 1.16 bits per heavy atom. The van der Waals surface area contributed by atoms with Gasteiger partial charge in [0.1, 0.15) is 12.4 Å². The van der Waals surface area contributed by atoms with Crippen molar-refractivity contribution in [1.82, 2.24) is 5.16 Å². The molecular weight excluding hydrogens is 425 g/mol. The molecule has 6 nitrogen and oxygen atoms in total. The summed E-state index contributed by atoms with van der Waals surface area (Å²) in [5.74, 6) is 1.06. The number of ether oxygens (including phenoxy) is 2. The molecule has 2 aromatic carbocycles. The van der Waals surface area contributed by atoms with Crippen LogP contribution in [-0.4, -0.2) is 18.2 Å². The normalized spacial score (nSPS) is 11.6. The minimum absolute atomic E-state index is 0.0510. The van der Waals surface area contributed by atoms with E-state index in [0.29, 0.717) is 22.8 Å². The number of hydrogen-bond acceptors (Lipinski definition) is 5. The topological polar surface area (TPSA) is 73.6 Å². The van der Waals surface area contributed by atoms with Crippen LogP contribution in [0.25, 0.3) is 6.08 Å². The largest absolute Gasteiger partial charge is 0.493 e. The molecule has 0 saturated heterocycles. The molecule has 0 atom stereocenters. The highest BCUT2D eigenvalue weighted by atomic mass is 19.4. The number of methoxy groups -OCH3 is 1. The number of hydrogen-bond donors (Lipinski definition) is 1. The van der Waals surface area contributed by atoms with Crippen molar-refractivity contribution in [2.24, 2.45) is 0 Å². The minimum atomic E-state index is -4.48. The van der Waals surface area contributed by atoms with Crippen molar-refractivity contribution in [2.75, 3.05) is 12.4 Å². The number of benzene rings is 2. The van der Waals surface area contributed by atoms with Gasteiger partial charge in [-0.25, -0.2) is 0 Å². The number of nitrogens with zero attached hydrogens (tertiary/aromatic N) is 1. The van der Waals surface area contributed by atoms with E-state index in [1.54, 1.807) is 25.1 Å². The summed E-state index contributed by atoms with van der Waals surface area (Å²) in [6.07, 6.45) is -1.74. The molecule has 0 radical (unpaired) electrons. The Bertz CT molecular complexity index is 1120. The van der Waals surface area contributed by atoms with Crippen LogP contribution in [0.2, 0.25) is 0 Å². The summed E-state index contributed by atoms with van der Waals surface area (Å²) in [7, 11) is 1.49. The number of carbonyl (C=O) groups excluding carboxylic acids is 1. The van der Waals surface area contributed by atoms with Gasteiger partial charge >= 0.3 is 6.18 Å². The zero-order valence-electron chi connectivity index (χ0n) is 17.6. The molecule has 0 bridgehead atoms. The van der Waals surface area contributed by atoms with Gasteiger partial charge in [0.05, 0.1) is 23.9 Å². The maximum atomic E-state index is 12.8. The first-order valence-electron chi connectivity index (χ1n) is 9.56. The van der Waals surface area contributed by atoms with E-state index in [0.717, 1.165) is 23.4 Å². The van der Waals surface area contributed by atoms with Crippen LogP contribution in [-0.2, 0) is 17.6 Å². The summed E-state index contributed by atoms with van der Waals surface area (Å²) >= 11 is 0. The average molecular weight is 446 g/mol. The number of rotatable bonds is 7. The van der Waals surface area contributed by atoms with Gasteiger partial charge in [-0.2, -0.15) is 13.2 Å². The number of nitrogens with one attached hydrogen (secondary N) is 1. The number of alkyl halides is 3. The summed E-state index contributed by atoms with van der Waals surface area (Å²) in [6, 6.07) is 9.52. The second kappa shape index (κ2) is 9.59. The van der Waals surface area contributed by atoms with Gasteiger partial charge in [-0.15, -0.1) is 0 Å². The molecule has 3 rings (SSSR count). The maximum Gasteiger partial charge on any atom is 0.416 e. The number of carbonyl (C=O) groups is 1. The third kappa shape index (κ3) is 5.69. The number of anilines is 1. The molecule has 0 fully saturated rings. The third-order valence-electron chi connectivity index (χ3n) is 4.63. The molecule has 1 amide bonds. The predicted octanol–water partition coefficient (Wildman–Crippen LogP) is 5.55. The van der Waals surface area contributed by atoms with E-state index in [4.69, 9.17) is 14.0 Å². The monoisotopic (exact) mass is 446 g/mol. The molecule has 0 aliphatic heterocycles.